The summed E-state index contributed by atoms with van der Waals surface area (Å²) in [5, 5.41) is 8.07. The van der Waals surface area contributed by atoms with Crippen LogP contribution >= 0.6 is 11.6 Å². The summed E-state index contributed by atoms with van der Waals surface area (Å²) in [6, 6.07) is 6.76. The Morgan fingerprint density at radius 1 is 1.12 bits per heavy atom. The smallest absolute Gasteiger partial charge is 0.425 e. The molecule has 0 aliphatic carbocycles. The van der Waals surface area contributed by atoms with Gasteiger partial charge < -0.3 is 19.9 Å². The fourth-order valence-corrected chi connectivity index (χ4v) is 3.38. The largest absolute Gasteiger partial charge is 0.490 e. The number of aromatic nitrogens is 2. The number of halogens is 1. The summed E-state index contributed by atoms with van der Waals surface area (Å²) in [6.07, 6.45) is 0.524. The van der Waals surface area contributed by atoms with Crippen LogP contribution in [0.2, 0.25) is 5.02 Å². The van der Waals surface area contributed by atoms with Gasteiger partial charge in [-0.05, 0) is 57.7 Å². The number of rotatable bonds is 7. The van der Waals surface area contributed by atoms with Crippen LogP contribution in [-0.4, -0.2) is 52.1 Å². The maximum atomic E-state index is 12.3. The highest BCUT2D eigenvalue weighted by molar-refractivity contribution is 6.32. The van der Waals surface area contributed by atoms with Gasteiger partial charge in [0, 0.05) is 24.2 Å². The molecule has 34 heavy (non-hydrogen) atoms. The van der Waals surface area contributed by atoms with Gasteiger partial charge in [-0.2, -0.15) is 5.10 Å². The molecule has 186 valence electrons. The number of nitrogens with zero attached hydrogens (tertiary/aromatic N) is 3. The maximum Gasteiger partial charge on any atom is 0.425 e. The number of imide groups is 1. The van der Waals surface area contributed by atoms with Crippen LogP contribution in [0.1, 0.15) is 48.0 Å². The van der Waals surface area contributed by atoms with E-state index in [0.29, 0.717) is 39.3 Å². The van der Waals surface area contributed by atoms with Crippen LogP contribution in [0, 0.1) is 5.92 Å². The van der Waals surface area contributed by atoms with Crippen LogP contribution in [-0.2, 0) is 4.74 Å². The van der Waals surface area contributed by atoms with Crippen molar-refractivity contribution in [2.75, 3.05) is 13.7 Å². The van der Waals surface area contributed by atoms with Gasteiger partial charge in [0.15, 0.2) is 0 Å². The fraction of sp³-hybridized carbons (Fsp3) is 0.500. The fourth-order valence-electron chi connectivity index (χ4n) is 3.15. The third-order valence-corrected chi connectivity index (χ3v) is 4.76. The lowest BCUT2D eigenvalue weighted by atomic mass is 9.93. The van der Waals surface area contributed by atoms with Gasteiger partial charge in [0.25, 0.3) is 0 Å². The van der Waals surface area contributed by atoms with Gasteiger partial charge in [-0.3, -0.25) is 0 Å². The van der Waals surface area contributed by atoms with E-state index >= 15 is 0 Å². The summed E-state index contributed by atoms with van der Waals surface area (Å²) in [7, 11) is 1.25. The first-order valence-electron chi connectivity index (χ1n) is 10.9. The molecule has 1 aromatic carbocycles. The maximum absolute atomic E-state index is 12.3. The lowest BCUT2D eigenvalue weighted by Crippen LogP contribution is -2.43. The third kappa shape index (κ3) is 8.46. The predicted octanol–water partition coefficient (Wildman–Crippen LogP) is 5.31. The zero-order valence-electron chi connectivity index (χ0n) is 20.7. The van der Waals surface area contributed by atoms with Crippen LogP contribution in [0.4, 0.5) is 9.59 Å². The Morgan fingerprint density at radius 3 is 2.38 bits per heavy atom. The monoisotopic (exact) mass is 492 g/mol. The second-order valence-electron chi connectivity index (χ2n) is 9.88. The van der Waals surface area contributed by atoms with Crippen molar-refractivity contribution in [3.63, 3.8) is 0 Å². The number of benzene rings is 1. The van der Waals surface area contributed by atoms with E-state index in [1.807, 2.05) is 6.92 Å². The molecule has 0 bridgehead atoms. The molecule has 9 nitrogen and oxygen atoms in total. The van der Waals surface area contributed by atoms with Crippen molar-refractivity contribution < 1.29 is 23.8 Å². The molecule has 0 aliphatic heterocycles. The van der Waals surface area contributed by atoms with E-state index in [2.05, 4.69) is 24.0 Å². The molecule has 0 unspecified atom stereocenters. The lowest BCUT2D eigenvalue weighted by Gasteiger charge is -2.26. The minimum Gasteiger partial charge on any atom is -0.490 e. The van der Waals surface area contributed by atoms with Crippen LogP contribution < -0.4 is 15.2 Å². The first-order valence-corrected chi connectivity index (χ1v) is 11.3. The second-order valence-corrected chi connectivity index (χ2v) is 10.3. The average molecular weight is 493 g/mol. The molecule has 2 N–H and O–H groups in total. The number of nitrogens with two attached hydrogens (primary N) is 1. The Balaban J connectivity index is 2.09. The highest BCUT2D eigenvalue weighted by atomic mass is 35.5. The van der Waals surface area contributed by atoms with E-state index in [9.17, 15) is 9.59 Å². The second kappa shape index (κ2) is 11.0. The molecular formula is C24H33ClN4O5. The molecule has 0 aliphatic rings. The SMILES string of the molecule is CC(C)C[C@](C)(N)COc1ccc(-c2cnnc(OC(=O)N(C)C(=O)OC(C)(C)C)c2)cc1Cl. The van der Waals surface area contributed by atoms with Gasteiger partial charge in [-0.1, -0.05) is 31.5 Å². The quantitative estimate of drug-likeness (QED) is 0.552. The van der Waals surface area contributed by atoms with Crippen molar-refractivity contribution in [1.82, 2.24) is 15.1 Å². The van der Waals surface area contributed by atoms with E-state index < -0.39 is 23.3 Å². The molecule has 0 spiro atoms. The van der Waals surface area contributed by atoms with Crippen molar-refractivity contribution >= 4 is 23.8 Å². The molecule has 0 saturated heterocycles. The predicted molar refractivity (Wildman–Crippen MR) is 130 cm³/mol. The first-order chi connectivity index (χ1) is 15.7. The van der Waals surface area contributed by atoms with Crippen molar-refractivity contribution in [1.29, 1.82) is 0 Å². The number of ether oxygens (including phenoxy) is 3. The Hall–Kier alpha value is -2.91. The molecule has 2 rings (SSSR count). The summed E-state index contributed by atoms with van der Waals surface area (Å²) in [5.41, 5.74) is 6.39. The highest BCUT2D eigenvalue weighted by Gasteiger charge is 2.26. The van der Waals surface area contributed by atoms with Crippen LogP contribution in [0.15, 0.2) is 30.5 Å². The van der Waals surface area contributed by atoms with E-state index in [0.717, 1.165) is 6.42 Å². The van der Waals surface area contributed by atoms with E-state index in [1.54, 1.807) is 39.0 Å². The molecule has 0 saturated carbocycles. The van der Waals surface area contributed by atoms with Gasteiger partial charge >= 0.3 is 12.2 Å². The van der Waals surface area contributed by atoms with E-state index in [4.69, 9.17) is 31.5 Å². The standard InChI is InChI=1S/C24H33ClN4O5/c1-15(2)12-24(6,26)14-32-19-9-8-16(10-18(19)25)17-11-20(28-27-13-17)33-21(30)29(7)22(31)34-23(3,4)5/h8-11,13,15H,12,14,26H2,1-7H3/t24-/m0/s1. The van der Waals surface area contributed by atoms with Crippen molar-refractivity contribution in [3.8, 4) is 22.8 Å². The van der Waals surface area contributed by atoms with E-state index in [1.165, 1.54) is 19.3 Å². The highest BCUT2D eigenvalue weighted by Crippen LogP contribution is 2.31. The van der Waals surface area contributed by atoms with Crippen LogP contribution in [0.5, 0.6) is 11.6 Å². The molecule has 2 amide bonds. The summed E-state index contributed by atoms with van der Waals surface area (Å²) < 4.78 is 16.2. The summed E-state index contributed by atoms with van der Waals surface area (Å²) in [4.78, 5) is 25.1. The van der Waals surface area contributed by atoms with E-state index in [-0.39, 0.29) is 5.88 Å². The normalized spacial score (nSPS) is 13.2. The number of carbonyl (C=O) groups is 2. The van der Waals surface area contributed by atoms with Gasteiger partial charge in [0.05, 0.1) is 11.2 Å². The third-order valence-electron chi connectivity index (χ3n) is 4.46. The van der Waals surface area contributed by atoms with Gasteiger partial charge in [0.2, 0.25) is 5.88 Å². The molecular weight excluding hydrogens is 460 g/mol. The molecule has 1 heterocycles. The molecule has 1 aromatic heterocycles. The van der Waals surface area contributed by atoms with Crippen LogP contribution in [0.25, 0.3) is 11.1 Å². The van der Waals surface area contributed by atoms with Crippen LogP contribution in [0.3, 0.4) is 0 Å². The first kappa shape index (κ1) is 27.3. The average Bonchev–Trinajstić information content (AvgIpc) is 2.70. The topological polar surface area (TPSA) is 117 Å². The lowest BCUT2D eigenvalue weighted by molar-refractivity contribution is 0.0320. The Labute approximate surface area is 205 Å². The molecule has 10 heteroatoms. The van der Waals surface area contributed by atoms with Gasteiger partial charge in [-0.25, -0.2) is 14.5 Å². The number of hydrogen-bond donors (Lipinski definition) is 1. The number of hydrogen-bond acceptors (Lipinski definition) is 8. The van der Waals surface area contributed by atoms with Gasteiger partial charge in [0.1, 0.15) is 18.0 Å². The van der Waals surface area contributed by atoms with Crippen molar-refractivity contribution in [2.45, 2.75) is 59.1 Å². The molecule has 0 radical (unpaired) electrons. The summed E-state index contributed by atoms with van der Waals surface area (Å²) in [5.74, 6) is 0.878. The minimum atomic E-state index is -0.950. The van der Waals surface area contributed by atoms with Crippen molar-refractivity contribution in [3.05, 3.63) is 35.5 Å². The zero-order valence-corrected chi connectivity index (χ0v) is 21.5. The number of amides is 2. The number of carbonyl (C=O) groups excluding carboxylic acids is 2. The zero-order chi connectivity index (χ0) is 25.7. The molecule has 1 atom stereocenters. The Morgan fingerprint density at radius 2 is 1.79 bits per heavy atom. The Bertz CT molecular complexity index is 1020. The molecule has 0 fully saturated rings. The van der Waals surface area contributed by atoms with Crippen molar-refractivity contribution in [2.24, 2.45) is 11.7 Å². The summed E-state index contributed by atoms with van der Waals surface area (Å²) >= 11 is 6.42. The summed E-state index contributed by atoms with van der Waals surface area (Å²) in [6.45, 7) is 11.6. The molecule has 2 aromatic rings. The minimum absolute atomic E-state index is 0.0815. The Kier molecular flexibility index (Phi) is 8.85. The van der Waals surface area contributed by atoms with Gasteiger partial charge in [-0.15, -0.1) is 5.10 Å².